The molecule has 136 valence electrons. The van der Waals surface area contributed by atoms with Gasteiger partial charge in [0, 0.05) is 29.9 Å². The standard InChI is InChI=1S/C21H20ClN5/c1-2-8-27-9-7-14-16(10-23)20(26)21(12-24,13-25)19(17(14)11-27)15-5-3-4-6-18(15)22/h3-7,17,19H,2,8-9,11,26H2,1H3/t17?,19-/m1/s1. The van der Waals surface area contributed by atoms with E-state index in [0.717, 1.165) is 30.6 Å². The lowest BCUT2D eigenvalue weighted by Crippen LogP contribution is -2.48. The average Bonchev–Trinajstić information content (AvgIpc) is 2.68. The van der Waals surface area contributed by atoms with Gasteiger partial charge in [-0.15, -0.1) is 0 Å². The van der Waals surface area contributed by atoms with E-state index in [2.05, 4.69) is 30.0 Å². The van der Waals surface area contributed by atoms with Crippen LogP contribution in [0, 0.1) is 45.3 Å². The molecule has 0 bridgehead atoms. The Morgan fingerprint density at radius 2 is 1.96 bits per heavy atom. The van der Waals surface area contributed by atoms with Crippen LogP contribution in [0.3, 0.4) is 0 Å². The summed E-state index contributed by atoms with van der Waals surface area (Å²) in [7, 11) is 0. The van der Waals surface area contributed by atoms with Gasteiger partial charge in [0.05, 0.1) is 23.4 Å². The minimum absolute atomic E-state index is 0.0337. The van der Waals surface area contributed by atoms with Gasteiger partial charge < -0.3 is 5.73 Å². The maximum Gasteiger partial charge on any atom is 0.191 e. The molecule has 1 unspecified atom stereocenters. The maximum atomic E-state index is 10.0. The lowest BCUT2D eigenvalue weighted by molar-refractivity contribution is 0.207. The van der Waals surface area contributed by atoms with Gasteiger partial charge in [-0.05, 0) is 30.2 Å². The summed E-state index contributed by atoms with van der Waals surface area (Å²) in [6.07, 6.45) is 3.01. The molecule has 2 aliphatic rings. The minimum Gasteiger partial charge on any atom is -0.399 e. The molecule has 5 nitrogen and oxygen atoms in total. The zero-order chi connectivity index (χ0) is 19.6. The van der Waals surface area contributed by atoms with Gasteiger partial charge in [0.1, 0.15) is 6.07 Å². The highest BCUT2D eigenvalue weighted by Gasteiger charge is 2.54. The molecule has 1 aliphatic heterocycles. The number of hydrogen-bond acceptors (Lipinski definition) is 5. The first kappa shape index (κ1) is 19.0. The molecule has 0 fully saturated rings. The van der Waals surface area contributed by atoms with Crippen molar-refractivity contribution >= 4 is 11.6 Å². The second kappa shape index (κ2) is 7.45. The number of nitriles is 3. The second-order valence-corrected chi connectivity index (χ2v) is 7.36. The zero-order valence-electron chi connectivity index (χ0n) is 15.1. The highest BCUT2D eigenvalue weighted by atomic mass is 35.5. The Labute approximate surface area is 164 Å². The van der Waals surface area contributed by atoms with Crippen molar-refractivity contribution in [2.24, 2.45) is 17.1 Å². The number of allylic oxidation sites excluding steroid dienone is 2. The smallest absolute Gasteiger partial charge is 0.191 e. The molecule has 27 heavy (non-hydrogen) atoms. The van der Waals surface area contributed by atoms with Gasteiger partial charge in [-0.25, -0.2) is 0 Å². The molecule has 0 amide bonds. The van der Waals surface area contributed by atoms with Crippen molar-refractivity contribution in [3.05, 3.63) is 57.8 Å². The normalized spacial score (nSPS) is 24.2. The van der Waals surface area contributed by atoms with Gasteiger partial charge >= 0.3 is 0 Å². The van der Waals surface area contributed by atoms with Crippen molar-refractivity contribution in [2.45, 2.75) is 19.3 Å². The van der Waals surface area contributed by atoms with Crippen LogP contribution in [-0.4, -0.2) is 24.5 Å². The third-order valence-corrected chi connectivity index (χ3v) is 5.86. The van der Waals surface area contributed by atoms with Gasteiger partial charge in [0.15, 0.2) is 5.41 Å². The van der Waals surface area contributed by atoms with E-state index in [9.17, 15) is 15.8 Å². The van der Waals surface area contributed by atoms with Crippen molar-refractivity contribution < 1.29 is 0 Å². The van der Waals surface area contributed by atoms with Gasteiger partial charge in [-0.3, -0.25) is 4.90 Å². The number of halogens is 1. The fourth-order valence-electron chi connectivity index (χ4n) is 4.31. The molecular formula is C21H20ClN5. The van der Waals surface area contributed by atoms with E-state index in [4.69, 9.17) is 17.3 Å². The lowest BCUT2D eigenvalue weighted by Gasteiger charge is -2.45. The first-order valence-electron chi connectivity index (χ1n) is 8.94. The Kier molecular flexibility index (Phi) is 5.24. The van der Waals surface area contributed by atoms with Gasteiger partial charge in [-0.1, -0.05) is 42.8 Å². The predicted molar refractivity (Wildman–Crippen MR) is 103 cm³/mol. The van der Waals surface area contributed by atoms with E-state index in [1.807, 2.05) is 24.3 Å². The van der Waals surface area contributed by atoms with Crippen molar-refractivity contribution in [3.63, 3.8) is 0 Å². The largest absolute Gasteiger partial charge is 0.399 e. The summed E-state index contributed by atoms with van der Waals surface area (Å²) < 4.78 is 0. The highest BCUT2D eigenvalue weighted by Crippen LogP contribution is 2.55. The molecule has 0 spiro atoms. The molecule has 0 aromatic heterocycles. The van der Waals surface area contributed by atoms with Gasteiger partial charge in [0.25, 0.3) is 0 Å². The van der Waals surface area contributed by atoms with Crippen LogP contribution in [0.2, 0.25) is 5.02 Å². The molecule has 2 atom stereocenters. The van der Waals surface area contributed by atoms with Crippen LogP contribution in [0.4, 0.5) is 0 Å². The fourth-order valence-corrected chi connectivity index (χ4v) is 4.56. The van der Waals surface area contributed by atoms with Crippen molar-refractivity contribution in [1.29, 1.82) is 15.8 Å². The van der Waals surface area contributed by atoms with E-state index >= 15 is 0 Å². The molecule has 0 saturated carbocycles. The van der Waals surface area contributed by atoms with Crippen LogP contribution < -0.4 is 5.73 Å². The first-order chi connectivity index (χ1) is 13.0. The molecule has 1 aromatic carbocycles. The Morgan fingerprint density at radius 1 is 1.26 bits per heavy atom. The van der Waals surface area contributed by atoms with Crippen LogP contribution in [0.5, 0.6) is 0 Å². The predicted octanol–water partition coefficient (Wildman–Crippen LogP) is 3.48. The second-order valence-electron chi connectivity index (χ2n) is 6.96. The minimum atomic E-state index is -1.63. The molecule has 2 N–H and O–H groups in total. The summed E-state index contributed by atoms with van der Waals surface area (Å²) in [6.45, 7) is 4.39. The molecular weight excluding hydrogens is 358 g/mol. The Bertz CT molecular complexity index is 927. The molecule has 0 radical (unpaired) electrons. The van der Waals surface area contributed by atoms with Crippen LogP contribution >= 0.6 is 11.6 Å². The Balaban J connectivity index is 2.30. The first-order valence-corrected chi connectivity index (χ1v) is 9.31. The lowest BCUT2D eigenvalue weighted by atomic mass is 9.58. The number of nitrogens with two attached hydrogens (primary N) is 1. The quantitative estimate of drug-likeness (QED) is 0.868. The SMILES string of the molecule is CCCN1CC=C2C(C#N)=C(N)C(C#N)(C#N)[C@H](c3ccccc3Cl)C2C1. The van der Waals surface area contributed by atoms with E-state index in [0.29, 0.717) is 11.6 Å². The topological polar surface area (TPSA) is 101 Å². The van der Waals surface area contributed by atoms with E-state index in [-0.39, 0.29) is 17.2 Å². The highest BCUT2D eigenvalue weighted by molar-refractivity contribution is 6.31. The van der Waals surface area contributed by atoms with Crippen LogP contribution in [0.15, 0.2) is 47.2 Å². The van der Waals surface area contributed by atoms with Gasteiger partial charge in [-0.2, -0.15) is 15.8 Å². The zero-order valence-corrected chi connectivity index (χ0v) is 15.9. The number of benzene rings is 1. The number of fused-ring (bicyclic) bond motifs is 1. The Hall–Kier alpha value is -2.78. The number of nitrogens with zero attached hydrogens (tertiary/aromatic N) is 4. The third kappa shape index (κ3) is 2.88. The van der Waals surface area contributed by atoms with E-state index in [1.165, 1.54) is 0 Å². The summed E-state index contributed by atoms with van der Waals surface area (Å²) in [6, 6.07) is 13.7. The summed E-state index contributed by atoms with van der Waals surface area (Å²) in [4.78, 5) is 2.27. The summed E-state index contributed by atoms with van der Waals surface area (Å²) in [5.41, 5.74) is 6.50. The van der Waals surface area contributed by atoms with Crippen LogP contribution in [0.25, 0.3) is 0 Å². The maximum absolute atomic E-state index is 10.0. The molecule has 0 saturated heterocycles. The summed E-state index contributed by atoms with van der Waals surface area (Å²) >= 11 is 6.47. The molecule has 3 rings (SSSR count). The number of rotatable bonds is 3. The molecule has 1 aliphatic carbocycles. The van der Waals surface area contributed by atoms with Crippen molar-refractivity contribution in [1.82, 2.24) is 4.90 Å². The summed E-state index contributed by atoms with van der Waals surface area (Å²) in [5, 5.41) is 30.3. The monoisotopic (exact) mass is 377 g/mol. The van der Waals surface area contributed by atoms with Crippen molar-refractivity contribution in [2.75, 3.05) is 19.6 Å². The molecule has 6 heteroatoms. The van der Waals surface area contributed by atoms with Crippen molar-refractivity contribution in [3.8, 4) is 18.2 Å². The van der Waals surface area contributed by atoms with Gasteiger partial charge in [0.2, 0.25) is 0 Å². The fraction of sp³-hybridized carbons (Fsp3) is 0.381. The molecule has 1 heterocycles. The van der Waals surface area contributed by atoms with Crippen LogP contribution in [0.1, 0.15) is 24.8 Å². The molecule has 1 aromatic rings. The Morgan fingerprint density at radius 3 is 2.56 bits per heavy atom. The third-order valence-electron chi connectivity index (χ3n) is 5.52. The van der Waals surface area contributed by atoms with E-state index < -0.39 is 11.3 Å². The average molecular weight is 378 g/mol. The number of hydrogen-bond donors (Lipinski definition) is 1. The summed E-state index contributed by atoms with van der Waals surface area (Å²) in [5.74, 6) is -0.740. The van der Waals surface area contributed by atoms with E-state index in [1.54, 1.807) is 6.07 Å². The van der Waals surface area contributed by atoms with Crippen LogP contribution in [-0.2, 0) is 0 Å².